The zero-order chi connectivity index (χ0) is 16.6. The summed E-state index contributed by atoms with van der Waals surface area (Å²) < 4.78 is 18.9. The molecule has 1 aromatic carbocycles. The van der Waals surface area contributed by atoms with Crippen molar-refractivity contribution in [1.29, 1.82) is 0 Å². The molecule has 2 aromatic heterocycles. The van der Waals surface area contributed by atoms with Crippen LogP contribution in [-0.2, 0) is 6.61 Å². The number of fused-ring (bicyclic) bond motifs is 1. The molecule has 128 valence electrons. The van der Waals surface area contributed by atoms with Crippen LogP contribution in [0.2, 0.25) is 0 Å². The van der Waals surface area contributed by atoms with Crippen molar-refractivity contribution >= 4 is 23.3 Å². The van der Waals surface area contributed by atoms with Gasteiger partial charge in [-0.05, 0) is 43.0 Å². The average molecular weight is 349 g/mol. The molecule has 0 spiro atoms. The number of aromatic amines is 1. The van der Waals surface area contributed by atoms with Crippen molar-refractivity contribution < 1.29 is 9.13 Å². The van der Waals surface area contributed by atoms with Gasteiger partial charge in [-0.25, -0.2) is 4.39 Å². The summed E-state index contributed by atoms with van der Waals surface area (Å²) in [6, 6.07) is 6.34. The van der Waals surface area contributed by atoms with Gasteiger partial charge in [0.1, 0.15) is 12.4 Å². The number of nitrogens with zero attached hydrogens (tertiary/aromatic N) is 1. The fraction of sp³-hybridized carbons (Fsp3) is 0.316. The van der Waals surface area contributed by atoms with Crippen molar-refractivity contribution in [2.45, 2.75) is 40.2 Å². The molecule has 0 unspecified atom stereocenters. The van der Waals surface area contributed by atoms with Crippen molar-refractivity contribution in [1.82, 2.24) is 9.97 Å². The van der Waals surface area contributed by atoms with E-state index in [1.165, 1.54) is 17.7 Å². The number of pyridine rings is 1. The Morgan fingerprint density at radius 1 is 1.17 bits per heavy atom. The summed E-state index contributed by atoms with van der Waals surface area (Å²) in [5.74, 6) is 0.831. The molecular formula is C19H22ClFN2O. The second kappa shape index (κ2) is 7.22. The molecule has 2 heterocycles. The summed E-state index contributed by atoms with van der Waals surface area (Å²) in [5, 5.41) is 1.15. The van der Waals surface area contributed by atoms with Crippen molar-refractivity contribution in [3.8, 4) is 5.75 Å². The predicted molar refractivity (Wildman–Crippen MR) is 97.6 cm³/mol. The summed E-state index contributed by atoms with van der Waals surface area (Å²) in [6.45, 7) is 8.83. The van der Waals surface area contributed by atoms with E-state index in [0.717, 1.165) is 33.6 Å². The first kappa shape index (κ1) is 18.3. The maximum absolute atomic E-state index is 13.0. The van der Waals surface area contributed by atoms with E-state index in [2.05, 4.69) is 37.7 Å². The number of hydrogen-bond acceptors (Lipinski definition) is 2. The number of halogens is 2. The van der Waals surface area contributed by atoms with E-state index in [1.807, 2.05) is 0 Å². The molecule has 5 heteroatoms. The molecule has 3 aromatic rings. The lowest BCUT2D eigenvalue weighted by Crippen LogP contribution is -2.00. The normalized spacial score (nSPS) is 10.9. The van der Waals surface area contributed by atoms with Crippen LogP contribution in [0.25, 0.3) is 10.9 Å². The van der Waals surface area contributed by atoms with E-state index < -0.39 is 0 Å². The lowest BCUT2D eigenvalue weighted by molar-refractivity contribution is 0.308. The fourth-order valence-electron chi connectivity index (χ4n) is 2.77. The maximum atomic E-state index is 13.0. The van der Waals surface area contributed by atoms with Crippen LogP contribution in [0, 0.1) is 19.7 Å². The van der Waals surface area contributed by atoms with E-state index >= 15 is 0 Å². The number of benzene rings is 1. The smallest absolute Gasteiger partial charge is 0.162 e. The van der Waals surface area contributed by atoms with Gasteiger partial charge in [0.25, 0.3) is 0 Å². The van der Waals surface area contributed by atoms with E-state index in [0.29, 0.717) is 12.5 Å². The monoisotopic (exact) mass is 348 g/mol. The minimum atomic E-state index is -0.241. The minimum absolute atomic E-state index is 0. The van der Waals surface area contributed by atoms with Gasteiger partial charge < -0.3 is 9.72 Å². The van der Waals surface area contributed by atoms with E-state index in [1.54, 1.807) is 18.3 Å². The third-order valence-electron chi connectivity index (χ3n) is 4.18. The minimum Gasteiger partial charge on any atom is -0.485 e. The number of nitrogens with one attached hydrogen (secondary N) is 1. The fourth-order valence-corrected chi connectivity index (χ4v) is 2.77. The standard InChI is InChI=1S/C19H21FN2O.ClH/c1-11(2)18-17-12(3)13(4)22-19(17)16(9-21-18)23-10-14-5-7-15(20)8-6-14;/h5-9,11,22H,10H2,1-4H3;1H. The molecule has 0 bridgehead atoms. The van der Waals surface area contributed by atoms with Crippen LogP contribution < -0.4 is 4.74 Å². The Labute approximate surface area is 147 Å². The van der Waals surface area contributed by atoms with Crippen molar-refractivity contribution in [3.63, 3.8) is 0 Å². The van der Waals surface area contributed by atoms with Crippen LogP contribution in [0.3, 0.4) is 0 Å². The Balaban J connectivity index is 0.00000208. The largest absolute Gasteiger partial charge is 0.485 e. The molecule has 3 nitrogen and oxygen atoms in total. The van der Waals surface area contributed by atoms with Gasteiger partial charge in [-0.15, -0.1) is 12.4 Å². The van der Waals surface area contributed by atoms with Crippen LogP contribution >= 0.6 is 12.4 Å². The van der Waals surface area contributed by atoms with Crippen molar-refractivity contribution in [3.05, 3.63) is 58.8 Å². The highest BCUT2D eigenvalue weighted by molar-refractivity contribution is 5.91. The lowest BCUT2D eigenvalue weighted by atomic mass is 10.0. The SMILES string of the molecule is Cc1[nH]c2c(OCc3ccc(F)cc3)cnc(C(C)C)c2c1C.Cl. The van der Waals surface area contributed by atoms with Crippen molar-refractivity contribution in [2.24, 2.45) is 0 Å². The van der Waals surface area contributed by atoms with Gasteiger partial charge in [0.15, 0.2) is 5.75 Å². The molecule has 0 saturated heterocycles. The first-order chi connectivity index (χ1) is 11.0. The Kier molecular flexibility index (Phi) is 5.50. The van der Waals surface area contributed by atoms with Crippen LogP contribution in [0.5, 0.6) is 5.75 Å². The summed E-state index contributed by atoms with van der Waals surface area (Å²) >= 11 is 0. The highest BCUT2D eigenvalue weighted by Crippen LogP contribution is 2.34. The van der Waals surface area contributed by atoms with E-state index in [-0.39, 0.29) is 18.2 Å². The quantitative estimate of drug-likeness (QED) is 0.681. The number of H-pyrrole nitrogens is 1. The Morgan fingerprint density at radius 2 is 1.83 bits per heavy atom. The van der Waals surface area contributed by atoms with Gasteiger partial charge in [0.2, 0.25) is 0 Å². The van der Waals surface area contributed by atoms with Crippen LogP contribution in [0.1, 0.15) is 42.3 Å². The van der Waals surface area contributed by atoms with E-state index in [4.69, 9.17) is 4.74 Å². The summed E-state index contributed by atoms with van der Waals surface area (Å²) in [4.78, 5) is 8.01. The van der Waals surface area contributed by atoms with Crippen LogP contribution in [0.4, 0.5) is 4.39 Å². The lowest BCUT2D eigenvalue weighted by Gasteiger charge is -2.12. The van der Waals surface area contributed by atoms with Gasteiger partial charge in [-0.1, -0.05) is 26.0 Å². The van der Waals surface area contributed by atoms with Gasteiger partial charge in [-0.3, -0.25) is 4.98 Å². The molecule has 24 heavy (non-hydrogen) atoms. The molecule has 0 fully saturated rings. The molecule has 0 radical (unpaired) electrons. The Morgan fingerprint density at radius 3 is 2.46 bits per heavy atom. The van der Waals surface area contributed by atoms with Gasteiger partial charge in [0.05, 0.1) is 17.4 Å². The molecule has 0 aliphatic rings. The highest BCUT2D eigenvalue weighted by Gasteiger charge is 2.17. The number of hydrogen-bond donors (Lipinski definition) is 1. The average Bonchev–Trinajstić information content (AvgIpc) is 2.82. The van der Waals surface area contributed by atoms with Gasteiger partial charge in [0, 0.05) is 11.1 Å². The molecular weight excluding hydrogens is 327 g/mol. The third-order valence-corrected chi connectivity index (χ3v) is 4.18. The Bertz CT molecular complexity index is 841. The number of aryl methyl sites for hydroxylation is 2. The molecule has 0 aliphatic heterocycles. The molecule has 0 amide bonds. The summed E-state index contributed by atoms with van der Waals surface area (Å²) in [5.41, 5.74) is 5.33. The highest BCUT2D eigenvalue weighted by atomic mass is 35.5. The first-order valence-electron chi connectivity index (χ1n) is 7.82. The zero-order valence-electron chi connectivity index (χ0n) is 14.3. The number of aromatic nitrogens is 2. The molecule has 1 N–H and O–H groups in total. The van der Waals surface area contributed by atoms with E-state index in [9.17, 15) is 4.39 Å². The second-order valence-corrected chi connectivity index (χ2v) is 6.20. The summed E-state index contributed by atoms with van der Waals surface area (Å²) in [6.07, 6.45) is 1.77. The molecule has 3 rings (SSSR count). The first-order valence-corrected chi connectivity index (χ1v) is 7.82. The zero-order valence-corrected chi connectivity index (χ0v) is 15.1. The molecule has 0 aliphatic carbocycles. The van der Waals surface area contributed by atoms with Crippen LogP contribution in [0.15, 0.2) is 30.5 Å². The van der Waals surface area contributed by atoms with Gasteiger partial charge >= 0.3 is 0 Å². The third kappa shape index (κ3) is 3.39. The topological polar surface area (TPSA) is 37.9 Å². The molecule has 0 atom stereocenters. The number of rotatable bonds is 4. The number of ether oxygens (including phenoxy) is 1. The van der Waals surface area contributed by atoms with Gasteiger partial charge in [-0.2, -0.15) is 0 Å². The summed E-state index contributed by atoms with van der Waals surface area (Å²) in [7, 11) is 0. The molecule has 0 saturated carbocycles. The Hall–Kier alpha value is -2.07. The van der Waals surface area contributed by atoms with Crippen molar-refractivity contribution in [2.75, 3.05) is 0 Å². The van der Waals surface area contributed by atoms with Crippen LogP contribution in [-0.4, -0.2) is 9.97 Å². The maximum Gasteiger partial charge on any atom is 0.162 e. The second-order valence-electron chi connectivity index (χ2n) is 6.20. The predicted octanol–water partition coefficient (Wildman–Crippen LogP) is 5.44.